The van der Waals surface area contributed by atoms with E-state index in [0.29, 0.717) is 5.88 Å². The van der Waals surface area contributed by atoms with Crippen LogP contribution in [0.2, 0.25) is 0 Å². The molecule has 4 heteroatoms. The molecule has 0 saturated heterocycles. The van der Waals surface area contributed by atoms with Crippen molar-refractivity contribution in [3.8, 4) is 22.2 Å². The number of nitrogens with zero attached hydrogens (tertiary/aromatic N) is 1. The van der Waals surface area contributed by atoms with Crippen molar-refractivity contribution in [2.45, 2.75) is 13.8 Å². The molecule has 0 aliphatic heterocycles. The molecule has 1 aromatic carbocycles. The first-order chi connectivity index (χ1) is 8.15. The normalized spacial score (nSPS) is 10.4. The van der Waals surface area contributed by atoms with Gasteiger partial charge in [-0.15, -0.1) is 11.3 Å². The van der Waals surface area contributed by atoms with Gasteiger partial charge in [-0.2, -0.15) is 0 Å². The average Bonchev–Trinajstić information content (AvgIpc) is 2.76. The predicted molar refractivity (Wildman–Crippen MR) is 70.1 cm³/mol. The molecule has 2 aromatic rings. The molecule has 0 radical (unpaired) electrons. The first-order valence-electron chi connectivity index (χ1n) is 5.31. The summed E-state index contributed by atoms with van der Waals surface area (Å²) in [4.78, 5) is 4.41. The van der Waals surface area contributed by atoms with Crippen LogP contribution in [0.5, 0.6) is 11.6 Å². The van der Waals surface area contributed by atoms with E-state index < -0.39 is 0 Å². The lowest BCUT2D eigenvalue weighted by molar-refractivity contribution is 0.400. The van der Waals surface area contributed by atoms with Crippen LogP contribution in [-0.4, -0.2) is 19.2 Å². The molecule has 3 nitrogen and oxygen atoms in total. The van der Waals surface area contributed by atoms with Gasteiger partial charge in [-0.25, -0.2) is 4.98 Å². The van der Waals surface area contributed by atoms with Gasteiger partial charge in [-0.3, -0.25) is 0 Å². The van der Waals surface area contributed by atoms with Gasteiger partial charge in [0, 0.05) is 0 Å². The van der Waals surface area contributed by atoms with Crippen molar-refractivity contribution in [1.29, 1.82) is 0 Å². The Kier molecular flexibility index (Phi) is 3.33. The zero-order chi connectivity index (χ0) is 12.4. The topological polar surface area (TPSA) is 31.4 Å². The minimum atomic E-state index is 0.645. The van der Waals surface area contributed by atoms with Crippen LogP contribution in [0.15, 0.2) is 17.5 Å². The Labute approximate surface area is 105 Å². The van der Waals surface area contributed by atoms with Gasteiger partial charge in [0.1, 0.15) is 10.8 Å². The molecule has 90 valence electrons. The number of benzene rings is 1. The molecule has 1 heterocycles. The number of rotatable bonds is 3. The van der Waals surface area contributed by atoms with Gasteiger partial charge in [-0.05, 0) is 31.0 Å². The lowest BCUT2D eigenvalue weighted by atomic mass is 10.1. The van der Waals surface area contributed by atoms with Gasteiger partial charge in [-0.1, -0.05) is 6.07 Å². The molecule has 0 aliphatic carbocycles. The average molecular weight is 249 g/mol. The fourth-order valence-corrected chi connectivity index (χ4v) is 2.64. The molecular weight excluding hydrogens is 234 g/mol. The molecule has 0 fully saturated rings. The van der Waals surface area contributed by atoms with Crippen molar-refractivity contribution in [3.63, 3.8) is 0 Å². The second kappa shape index (κ2) is 4.75. The molecule has 1 aromatic heterocycles. The summed E-state index contributed by atoms with van der Waals surface area (Å²) in [5.41, 5.74) is 3.35. The lowest BCUT2D eigenvalue weighted by Crippen LogP contribution is -1.92. The zero-order valence-corrected chi connectivity index (χ0v) is 11.2. The zero-order valence-electron chi connectivity index (χ0n) is 10.4. The molecule has 0 spiro atoms. The standard InChI is InChI=1S/C13H15NO2S/c1-8-5-9(2)12(16-4)10(6-8)13-14-11(15-3)7-17-13/h5-7H,1-4H3. The lowest BCUT2D eigenvalue weighted by Gasteiger charge is -2.10. The van der Waals surface area contributed by atoms with Crippen LogP contribution >= 0.6 is 11.3 Å². The van der Waals surface area contributed by atoms with Crippen LogP contribution in [0.25, 0.3) is 10.6 Å². The highest BCUT2D eigenvalue weighted by Gasteiger charge is 2.13. The quantitative estimate of drug-likeness (QED) is 0.835. The highest BCUT2D eigenvalue weighted by molar-refractivity contribution is 7.13. The van der Waals surface area contributed by atoms with Crippen LogP contribution in [0, 0.1) is 13.8 Å². The van der Waals surface area contributed by atoms with Crippen molar-refractivity contribution in [2.75, 3.05) is 14.2 Å². The Morgan fingerprint density at radius 3 is 2.47 bits per heavy atom. The number of methoxy groups -OCH3 is 2. The van der Waals surface area contributed by atoms with Crippen molar-refractivity contribution in [1.82, 2.24) is 4.98 Å². The Balaban J connectivity index is 2.57. The smallest absolute Gasteiger partial charge is 0.224 e. The molecule has 0 N–H and O–H groups in total. The SMILES string of the molecule is COc1csc(-c2cc(C)cc(C)c2OC)n1. The van der Waals surface area contributed by atoms with Crippen LogP contribution in [-0.2, 0) is 0 Å². The first-order valence-corrected chi connectivity index (χ1v) is 6.18. The van der Waals surface area contributed by atoms with Crippen LogP contribution in [0.3, 0.4) is 0 Å². The second-order valence-electron chi connectivity index (χ2n) is 3.86. The number of hydrogen-bond acceptors (Lipinski definition) is 4. The number of aryl methyl sites for hydroxylation is 2. The molecule has 0 amide bonds. The molecule has 0 atom stereocenters. The third-order valence-corrected chi connectivity index (χ3v) is 3.40. The van der Waals surface area contributed by atoms with Gasteiger partial charge in [0.15, 0.2) is 0 Å². The highest BCUT2D eigenvalue weighted by atomic mass is 32.1. The van der Waals surface area contributed by atoms with Crippen molar-refractivity contribution in [3.05, 3.63) is 28.6 Å². The largest absolute Gasteiger partial charge is 0.496 e. The highest BCUT2D eigenvalue weighted by Crippen LogP contribution is 2.36. The van der Waals surface area contributed by atoms with E-state index in [1.54, 1.807) is 25.6 Å². The number of thiazole rings is 1. The Hall–Kier alpha value is -1.55. The van der Waals surface area contributed by atoms with E-state index in [-0.39, 0.29) is 0 Å². The summed E-state index contributed by atoms with van der Waals surface area (Å²) in [6.45, 7) is 4.11. The fourth-order valence-electron chi connectivity index (χ4n) is 1.86. The van der Waals surface area contributed by atoms with Gasteiger partial charge >= 0.3 is 0 Å². The fraction of sp³-hybridized carbons (Fsp3) is 0.308. The van der Waals surface area contributed by atoms with Crippen LogP contribution in [0.1, 0.15) is 11.1 Å². The van der Waals surface area contributed by atoms with Gasteiger partial charge in [0.2, 0.25) is 5.88 Å². The van der Waals surface area contributed by atoms with Crippen molar-refractivity contribution >= 4 is 11.3 Å². The maximum Gasteiger partial charge on any atom is 0.224 e. The molecule has 17 heavy (non-hydrogen) atoms. The summed E-state index contributed by atoms with van der Waals surface area (Å²) in [7, 11) is 3.31. The van der Waals surface area contributed by atoms with E-state index in [1.165, 1.54) is 5.56 Å². The van der Waals surface area contributed by atoms with E-state index in [1.807, 2.05) is 12.3 Å². The maximum absolute atomic E-state index is 5.45. The van der Waals surface area contributed by atoms with E-state index in [9.17, 15) is 0 Å². The number of ether oxygens (including phenoxy) is 2. The Bertz CT molecular complexity index is 534. The van der Waals surface area contributed by atoms with E-state index in [2.05, 4.69) is 24.0 Å². The molecule has 0 aliphatic rings. The molecular formula is C13H15NO2S. The summed E-state index contributed by atoms with van der Waals surface area (Å²) in [6, 6.07) is 4.19. The van der Waals surface area contributed by atoms with Crippen molar-refractivity contribution in [2.24, 2.45) is 0 Å². The Morgan fingerprint density at radius 1 is 1.12 bits per heavy atom. The molecule has 0 unspecified atom stereocenters. The van der Waals surface area contributed by atoms with Crippen LogP contribution < -0.4 is 9.47 Å². The van der Waals surface area contributed by atoms with Gasteiger partial charge in [0.25, 0.3) is 0 Å². The minimum absolute atomic E-state index is 0.645. The Morgan fingerprint density at radius 2 is 1.88 bits per heavy atom. The van der Waals surface area contributed by atoms with Gasteiger partial charge in [0.05, 0.1) is 25.2 Å². The summed E-state index contributed by atoms with van der Waals surface area (Å²) < 4.78 is 10.6. The van der Waals surface area contributed by atoms with E-state index in [0.717, 1.165) is 21.9 Å². The van der Waals surface area contributed by atoms with Crippen LogP contribution in [0.4, 0.5) is 0 Å². The third kappa shape index (κ3) is 2.26. The molecule has 0 saturated carbocycles. The van der Waals surface area contributed by atoms with E-state index >= 15 is 0 Å². The van der Waals surface area contributed by atoms with E-state index in [4.69, 9.17) is 9.47 Å². The monoisotopic (exact) mass is 249 g/mol. The predicted octanol–water partition coefficient (Wildman–Crippen LogP) is 3.44. The number of aromatic nitrogens is 1. The van der Waals surface area contributed by atoms with Crippen molar-refractivity contribution < 1.29 is 9.47 Å². The number of hydrogen-bond donors (Lipinski definition) is 0. The third-order valence-electron chi connectivity index (χ3n) is 2.55. The molecule has 0 bridgehead atoms. The maximum atomic E-state index is 5.45. The minimum Gasteiger partial charge on any atom is -0.496 e. The second-order valence-corrected chi connectivity index (χ2v) is 4.72. The molecule has 2 rings (SSSR count). The summed E-state index contributed by atoms with van der Waals surface area (Å²) in [6.07, 6.45) is 0. The summed E-state index contributed by atoms with van der Waals surface area (Å²) in [5, 5.41) is 2.82. The first kappa shape index (κ1) is 11.9. The summed E-state index contributed by atoms with van der Waals surface area (Å²) in [5.74, 6) is 1.53. The summed E-state index contributed by atoms with van der Waals surface area (Å²) >= 11 is 1.56. The van der Waals surface area contributed by atoms with Gasteiger partial charge < -0.3 is 9.47 Å².